The van der Waals surface area contributed by atoms with Gasteiger partial charge < -0.3 is 9.84 Å². The molecule has 0 amide bonds. The summed E-state index contributed by atoms with van der Waals surface area (Å²) < 4.78 is 5.10. The molecule has 0 aliphatic heterocycles. The number of hydrogen-bond acceptors (Lipinski definition) is 2. The zero-order chi connectivity index (χ0) is 13.1. The van der Waals surface area contributed by atoms with Crippen LogP contribution >= 0.6 is 0 Å². The van der Waals surface area contributed by atoms with Crippen LogP contribution in [0.3, 0.4) is 0 Å². The van der Waals surface area contributed by atoms with Gasteiger partial charge in [0.2, 0.25) is 0 Å². The highest BCUT2D eigenvalue weighted by atomic mass is 16.5. The molecule has 18 heavy (non-hydrogen) atoms. The van der Waals surface area contributed by atoms with Crippen molar-refractivity contribution in [3.05, 3.63) is 53.6 Å². The third-order valence-electron chi connectivity index (χ3n) is 2.86. The molecule has 92 valence electrons. The molecule has 0 spiro atoms. The zero-order valence-electron chi connectivity index (χ0n) is 10.3. The highest BCUT2D eigenvalue weighted by Gasteiger charge is 2.14. The predicted molar refractivity (Wildman–Crippen MR) is 70.1 cm³/mol. The Hall–Kier alpha value is -2.29. The number of aromatic carboxylic acids is 1. The Kier molecular flexibility index (Phi) is 3.33. The summed E-state index contributed by atoms with van der Waals surface area (Å²) in [5, 5.41) is 9.18. The van der Waals surface area contributed by atoms with Gasteiger partial charge in [-0.05, 0) is 35.7 Å². The summed E-state index contributed by atoms with van der Waals surface area (Å²) in [6.07, 6.45) is 0. The lowest BCUT2D eigenvalue weighted by molar-refractivity contribution is 0.0693. The van der Waals surface area contributed by atoms with E-state index in [9.17, 15) is 9.90 Å². The second-order valence-electron chi connectivity index (χ2n) is 4.04. The van der Waals surface area contributed by atoms with Gasteiger partial charge in [-0.3, -0.25) is 0 Å². The smallest absolute Gasteiger partial charge is 0.339 e. The molecule has 0 saturated carbocycles. The van der Waals surface area contributed by atoms with Crippen LogP contribution in [-0.2, 0) is 0 Å². The summed E-state index contributed by atoms with van der Waals surface area (Å²) in [4.78, 5) is 11.2. The van der Waals surface area contributed by atoms with Crippen molar-refractivity contribution >= 4 is 5.97 Å². The second kappa shape index (κ2) is 4.92. The van der Waals surface area contributed by atoms with Gasteiger partial charge in [0.05, 0.1) is 7.11 Å². The first-order valence-electron chi connectivity index (χ1n) is 5.61. The second-order valence-corrected chi connectivity index (χ2v) is 4.04. The Balaban J connectivity index is 2.63. The van der Waals surface area contributed by atoms with Gasteiger partial charge in [0.1, 0.15) is 11.3 Å². The quantitative estimate of drug-likeness (QED) is 0.897. The summed E-state index contributed by atoms with van der Waals surface area (Å²) in [5.74, 6) is -0.594. The number of carboxylic acids is 1. The van der Waals surface area contributed by atoms with Gasteiger partial charge in [-0.2, -0.15) is 0 Å². The molecule has 0 bridgehead atoms. The molecule has 0 radical (unpaired) electrons. The maximum Gasteiger partial charge on any atom is 0.339 e. The minimum absolute atomic E-state index is 0.182. The topological polar surface area (TPSA) is 46.5 Å². The van der Waals surface area contributed by atoms with Crippen molar-refractivity contribution < 1.29 is 14.6 Å². The molecule has 0 aromatic heterocycles. The largest absolute Gasteiger partial charge is 0.496 e. The summed E-state index contributed by atoms with van der Waals surface area (Å²) >= 11 is 0. The van der Waals surface area contributed by atoms with Crippen LogP contribution in [-0.4, -0.2) is 18.2 Å². The summed E-state index contributed by atoms with van der Waals surface area (Å²) in [6.45, 7) is 1.94. The van der Waals surface area contributed by atoms with E-state index in [-0.39, 0.29) is 5.56 Å². The van der Waals surface area contributed by atoms with E-state index in [1.54, 1.807) is 12.1 Å². The minimum Gasteiger partial charge on any atom is -0.496 e. The van der Waals surface area contributed by atoms with Gasteiger partial charge in [0.15, 0.2) is 0 Å². The molecular formula is C15H14O3. The Morgan fingerprint density at radius 3 is 2.39 bits per heavy atom. The highest BCUT2D eigenvalue weighted by Crippen LogP contribution is 2.30. The molecule has 0 atom stereocenters. The highest BCUT2D eigenvalue weighted by molar-refractivity contribution is 5.93. The summed E-state index contributed by atoms with van der Waals surface area (Å²) in [7, 11) is 1.48. The normalized spacial score (nSPS) is 10.1. The van der Waals surface area contributed by atoms with Crippen LogP contribution in [0.2, 0.25) is 0 Å². The number of aryl methyl sites for hydroxylation is 1. The van der Waals surface area contributed by atoms with Crippen molar-refractivity contribution in [1.82, 2.24) is 0 Å². The van der Waals surface area contributed by atoms with Crippen LogP contribution in [0.1, 0.15) is 15.9 Å². The standard InChI is InChI=1S/C15H14O3/c1-10-8-14(18-2)13(15(16)17)9-12(10)11-6-4-3-5-7-11/h3-9H,1-2H3,(H,16,17). The molecule has 2 aromatic rings. The van der Waals surface area contributed by atoms with Gasteiger partial charge >= 0.3 is 5.97 Å². The van der Waals surface area contributed by atoms with E-state index in [1.807, 2.05) is 37.3 Å². The molecule has 1 N–H and O–H groups in total. The van der Waals surface area contributed by atoms with Crippen molar-refractivity contribution in [2.24, 2.45) is 0 Å². The Morgan fingerprint density at radius 2 is 1.83 bits per heavy atom. The first-order chi connectivity index (χ1) is 8.63. The Morgan fingerprint density at radius 1 is 1.17 bits per heavy atom. The monoisotopic (exact) mass is 242 g/mol. The van der Waals surface area contributed by atoms with E-state index >= 15 is 0 Å². The van der Waals surface area contributed by atoms with E-state index < -0.39 is 5.97 Å². The molecule has 3 nitrogen and oxygen atoms in total. The van der Waals surface area contributed by atoms with Gasteiger partial charge in [-0.1, -0.05) is 30.3 Å². The molecule has 0 fully saturated rings. The average molecular weight is 242 g/mol. The van der Waals surface area contributed by atoms with Gasteiger partial charge in [-0.15, -0.1) is 0 Å². The van der Waals surface area contributed by atoms with E-state index in [4.69, 9.17) is 4.74 Å². The number of rotatable bonds is 3. The fourth-order valence-corrected chi connectivity index (χ4v) is 1.95. The SMILES string of the molecule is COc1cc(C)c(-c2ccccc2)cc1C(=O)O. The Labute approximate surface area is 106 Å². The van der Waals surface area contributed by atoms with E-state index in [0.29, 0.717) is 5.75 Å². The van der Waals surface area contributed by atoms with Crippen LogP contribution in [0.25, 0.3) is 11.1 Å². The third-order valence-corrected chi connectivity index (χ3v) is 2.86. The summed E-state index contributed by atoms with van der Waals surface area (Å²) in [6, 6.07) is 13.1. The lowest BCUT2D eigenvalue weighted by Crippen LogP contribution is -2.02. The Bertz CT molecular complexity index is 574. The molecule has 0 saturated heterocycles. The first kappa shape index (κ1) is 12.2. The molecule has 0 aliphatic carbocycles. The maximum absolute atomic E-state index is 11.2. The van der Waals surface area contributed by atoms with Crippen molar-refractivity contribution in [3.63, 3.8) is 0 Å². The van der Waals surface area contributed by atoms with E-state index in [2.05, 4.69) is 0 Å². The number of carboxylic acid groups (broad SMARTS) is 1. The van der Waals surface area contributed by atoms with Crippen LogP contribution in [0.5, 0.6) is 5.75 Å². The number of methoxy groups -OCH3 is 1. The van der Waals surface area contributed by atoms with Gasteiger partial charge in [0, 0.05) is 0 Å². The summed E-state index contributed by atoms with van der Waals surface area (Å²) in [5.41, 5.74) is 3.08. The lowest BCUT2D eigenvalue weighted by atomic mass is 9.97. The van der Waals surface area contributed by atoms with Crippen LogP contribution in [0.4, 0.5) is 0 Å². The maximum atomic E-state index is 11.2. The van der Waals surface area contributed by atoms with Gasteiger partial charge in [-0.25, -0.2) is 4.79 Å². The van der Waals surface area contributed by atoms with Crippen LogP contribution in [0.15, 0.2) is 42.5 Å². The average Bonchev–Trinajstić information content (AvgIpc) is 2.39. The molecule has 0 aliphatic rings. The molecular weight excluding hydrogens is 228 g/mol. The molecule has 2 rings (SSSR count). The van der Waals surface area contributed by atoms with E-state index in [0.717, 1.165) is 16.7 Å². The van der Waals surface area contributed by atoms with Crippen molar-refractivity contribution in [3.8, 4) is 16.9 Å². The molecule has 2 aromatic carbocycles. The van der Waals surface area contributed by atoms with Crippen LogP contribution in [0, 0.1) is 6.92 Å². The van der Waals surface area contributed by atoms with Crippen molar-refractivity contribution in [2.45, 2.75) is 6.92 Å². The number of hydrogen-bond donors (Lipinski definition) is 1. The minimum atomic E-state index is -0.982. The fraction of sp³-hybridized carbons (Fsp3) is 0.133. The molecule has 0 heterocycles. The molecule has 3 heteroatoms. The lowest BCUT2D eigenvalue weighted by Gasteiger charge is -2.11. The van der Waals surface area contributed by atoms with Crippen molar-refractivity contribution in [1.29, 1.82) is 0 Å². The predicted octanol–water partition coefficient (Wildman–Crippen LogP) is 3.37. The first-order valence-corrected chi connectivity index (χ1v) is 5.61. The van der Waals surface area contributed by atoms with Gasteiger partial charge in [0.25, 0.3) is 0 Å². The van der Waals surface area contributed by atoms with Crippen LogP contribution < -0.4 is 4.74 Å². The zero-order valence-corrected chi connectivity index (χ0v) is 10.3. The number of benzene rings is 2. The van der Waals surface area contributed by atoms with E-state index in [1.165, 1.54) is 7.11 Å². The number of carbonyl (C=O) groups is 1. The molecule has 0 unspecified atom stereocenters. The van der Waals surface area contributed by atoms with Crippen molar-refractivity contribution in [2.75, 3.05) is 7.11 Å². The fourth-order valence-electron chi connectivity index (χ4n) is 1.95. The number of ether oxygens (including phenoxy) is 1. The third kappa shape index (κ3) is 2.20.